The Morgan fingerprint density at radius 1 is 1.36 bits per heavy atom. The Morgan fingerprint density at radius 3 is 2.59 bits per heavy atom. The van der Waals surface area contributed by atoms with E-state index in [4.69, 9.17) is 4.74 Å². The lowest BCUT2D eigenvalue weighted by atomic mass is 10.0. The Hall–Kier alpha value is -1.95. The maximum atomic E-state index is 11.4. The number of carbonyl (C=O) groups excluding carboxylic acids is 1. The van der Waals surface area contributed by atoms with E-state index < -0.39 is 0 Å². The molecule has 0 heterocycles. The third-order valence-electron chi connectivity index (χ3n) is 4.02. The zero-order chi connectivity index (χ0) is 16.8. The van der Waals surface area contributed by atoms with E-state index in [1.807, 2.05) is 27.9 Å². The minimum atomic E-state index is -0.354. The molecule has 0 amide bonds. The van der Waals surface area contributed by atoms with Gasteiger partial charge in [-0.15, -0.1) is 0 Å². The Balaban J connectivity index is 2.76. The second-order valence-corrected chi connectivity index (χ2v) is 5.96. The summed E-state index contributed by atoms with van der Waals surface area (Å²) in [4.78, 5) is 22.2. The summed E-state index contributed by atoms with van der Waals surface area (Å²) < 4.78 is 5.70. The van der Waals surface area contributed by atoms with Gasteiger partial charge in [0.05, 0.1) is 24.6 Å². The molecule has 0 aliphatic heterocycles. The number of likely N-dealkylation sites (N-methyl/N-ethyl adjacent to an activating group) is 1. The van der Waals surface area contributed by atoms with E-state index in [0.29, 0.717) is 29.6 Å². The van der Waals surface area contributed by atoms with Crippen LogP contribution in [0, 0.1) is 10.1 Å². The van der Waals surface area contributed by atoms with Crippen LogP contribution in [0.3, 0.4) is 0 Å². The van der Waals surface area contributed by atoms with Crippen LogP contribution in [0.1, 0.15) is 38.3 Å². The van der Waals surface area contributed by atoms with Crippen molar-refractivity contribution >= 4 is 11.7 Å². The van der Waals surface area contributed by atoms with Gasteiger partial charge in [0, 0.05) is 12.5 Å². The maximum Gasteiger partial charge on any atom is 0.305 e. The van der Waals surface area contributed by atoms with Gasteiger partial charge in [0.1, 0.15) is 19.2 Å². The summed E-state index contributed by atoms with van der Waals surface area (Å²) >= 11 is 0. The summed E-state index contributed by atoms with van der Waals surface area (Å²) in [6, 6.07) is 6.70. The average molecular weight is 309 g/mol. The number of quaternary nitrogens is 1. The van der Waals surface area contributed by atoms with Crippen LogP contribution in [-0.4, -0.2) is 42.6 Å². The minimum Gasteiger partial charge on any atom is -0.460 e. The van der Waals surface area contributed by atoms with Gasteiger partial charge in [0.2, 0.25) is 0 Å². The van der Waals surface area contributed by atoms with Gasteiger partial charge in [-0.3, -0.25) is 14.9 Å². The van der Waals surface area contributed by atoms with Crippen molar-refractivity contribution in [3.8, 4) is 0 Å². The van der Waals surface area contributed by atoms with E-state index >= 15 is 0 Å². The van der Waals surface area contributed by atoms with Crippen LogP contribution < -0.4 is 0 Å². The van der Waals surface area contributed by atoms with Gasteiger partial charge in [0.25, 0.3) is 5.69 Å². The highest BCUT2D eigenvalue weighted by Crippen LogP contribution is 2.31. The van der Waals surface area contributed by atoms with Gasteiger partial charge in [-0.1, -0.05) is 19.1 Å². The zero-order valence-electron chi connectivity index (χ0n) is 13.7. The molecule has 0 radical (unpaired) electrons. The lowest BCUT2D eigenvalue weighted by Crippen LogP contribution is -2.44. The average Bonchev–Trinajstić information content (AvgIpc) is 2.46. The van der Waals surface area contributed by atoms with Crippen LogP contribution in [0.2, 0.25) is 0 Å². The number of rotatable bonds is 8. The zero-order valence-corrected chi connectivity index (χ0v) is 13.7. The van der Waals surface area contributed by atoms with E-state index in [-0.39, 0.29) is 22.6 Å². The van der Waals surface area contributed by atoms with Gasteiger partial charge in [-0.25, -0.2) is 0 Å². The number of hydrogen-bond acceptors (Lipinski definition) is 4. The molecule has 0 aromatic heterocycles. The number of ether oxygens (including phenoxy) is 1. The lowest BCUT2D eigenvalue weighted by molar-refractivity contribution is -0.919. The highest BCUT2D eigenvalue weighted by atomic mass is 16.6. The molecule has 0 fully saturated rings. The number of benzene rings is 1. The maximum absolute atomic E-state index is 11.4. The van der Waals surface area contributed by atoms with Crippen LogP contribution in [0.4, 0.5) is 5.69 Å². The molecule has 0 N–H and O–H groups in total. The Morgan fingerprint density at radius 2 is 2.00 bits per heavy atom. The van der Waals surface area contributed by atoms with E-state index in [2.05, 4.69) is 0 Å². The molecular weight excluding hydrogens is 284 g/mol. The molecule has 1 aromatic rings. The number of nitro groups is 1. The third-order valence-corrected chi connectivity index (χ3v) is 4.02. The third kappa shape index (κ3) is 4.80. The van der Waals surface area contributed by atoms with E-state index in [1.54, 1.807) is 18.2 Å². The van der Waals surface area contributed by atoms with Crippen LogP contribution in [-0.2, 0) is 9.53 Å². The van der Waals surface area contributed by atoms with Gasteiger partial charge in [-0.2, -0.15) is 0 Å². The highest BCUT2D eigenvalue weighted by Gasteiger charge is 2.31. The molecule has 6 nitrogen and oxygen atoms in total. The first kappa shape index (κ1) is 18.1. The van der Waals surface area contributed by atoms with Gasteiger partial charge < -0.3 is 9.22 Å². The molecular formula is C16H25N2O4+. The molecule has 0 saturated carbocycles. The number of nitro benzene ring substituents is 1. The fourth-order valence-corrected chi connectivity index (χ4v) is 2.25. The summed E-state index contributed by atoms with van der Waals surface area (Å²) in [5, 5.41) is 11.2. The van der Waals surface area contributed by atoms with E-state index in [1.165, 1.54) is 6.07 Å². The predicted molar refractivity (Wildman–Crippen MR) is 84.4 cm³/mol. The Bertz CT molecular complexity index is 529. The SMILES string of the molecule is CCCC(=O)OCC[N+](C)(C)C(C)c1ccccc1[N+](=O)[O-]. The van der Waals surface area contributed by atoms with Crippen LogP contribution >= 0.6 is 0 Å². The molecule has 0 spiro atoms. The number of hydrogen-bond donors (Lipinski definition) is 0. The monoisotopic (exact) mass is 309 g/mol. The number of nitrogens with zero attached hydrogens (tertiary/aromatic N) is 2. The molecule has 122 valence electrons. The largest absolute Gasteiger partial charge is 0.460 e. The lowest BCUT2D eigenvalue weighted by Gasteiger charge is -2.35. The number of carbonyl (C=O) groups is 1. The summed E-state index contributed by atoms with van der Waals surface area (Å²) in [5.74, 6) is -0.194. The van der Waals surface area contributed by atoms with Crippen molar-refractivity contribution in [3.63, 3.8) is 0 Å². The summed E-state index contributed by atoms with van der Waals surface area (Å²) in [6.07, 6.45) is 1.19. The molecule has 1 unspecified atom stereocenters. The molecule has 22 heavy (non-hydrogen) atoms. The molecule has 0 saturated heterocycles. The first-order valence-corrected chi connectivity index (χ1v) is 7.51. The fourth-order valence-electron chi connectivity index (χ4n) is 2.25. The van der Waals surface area contributed by atoms with Crippen molar-refractivity contribution in [3.05, 3.63) is 39.9 Å². The van der Waals surface area contributed by atoms with Crippen molar-refractivity contribution in [1.29, 1.82) is 0 Å². The smallest absolute Gasteiger partial charge is 0.305 e. The van der Waals surface area contributed by atoms with Crippen molar-refractivity contribution < 1.29 is 18.9 Å². The minimum absolute atomic E-state index is 0.0773. The quantitative estimate of drug-likeness (QED) is 0.320. The predicted octanol–water partition coefficient (Wildman–Crippen LogP) is 3.08. The molecule has 1 rings (SSSR count). The molecule has 6 heteroatoms. The summed E-state index contributed by atoms with van der Waals surface area (Å²) in [5.41, 5.74) is 0.821. The van der Waals surface area contributed by atoms with Crippen molar-refractivity contribution in [1.82, 2.24) is 0 Å². The van der Waals surface area contributed by atoms with Crippen molar-refractivity contribution in [2.45, 2.75) is 32.7 Å². The normalized spacial score (nSPS) is 12.7. The second kappa shape index (κ2) is 7.89. The second-order valence-electron chi connectivity index (χ2n) is 5.96. The molecule has 0 aliphatic rings. The Labute approximate surface area is 131 Å². The van der Waals surface area contributed by atoms with Crippen LogP contribution in [0.15, 0.2) is 24.3 Å². The first-order valence-electron chi connectivity index (χ1n) is 7.51. The fraction of sp³-hybridized carbons (Fsp3) is 0.562. The van der Waals surface area contributed by atoms with Crippen molar-refractivity contribution in [2.75, 3.05) is 27.2 Å². The number of para-hydroxylation sites is 1. The molecule has 1 aromatic carbocycles. The van der Waals surface area contributed by atoms with Gasteiger partial charge >= 0.3 is 5.97 Å². The topological polar surface area (TPSA) is 69.4 Å². The highest BCUT2D eigenvalue weighted by molar-refractivity contribution is 5.69. The van der Waals surface area contributed by atoms with Crippen LogP contribution in [0.5, 0.6) is 0 Å². The van der Waals surface area contributed by atoms with Crippen molar-refractivity contribution in [2.24, 2.45) is 0 Å². The first-order chi connectivity index (χ1) is 10.3. The standard InChI is InChI=1S/C16H25N2O4/c1-5-8-16(19)22-12-11-18(3,4)13(2)14-9-6-7-10-15(14)17(20)21/h6-7,9-10,13H,5,8,11-12H2,1-4H3/q+1. The van der Waals surface area contributed by atoms with Crippen LogP contribution in [0.25, 0.3) is 0 Å². The molecule has 0 bridgehead atoms. The summed E-state index contributed by atoms with van der Waals surface area (Å²) in [7, 11) is 3.96. The Kier molecular flexibility index (Phi) is 6.49. The van der Waals surface area contributed by atoms with Gasteiger partial charge in [0.15, 0.2) is 0 Å². The van der Waals surface area contributed by atoms with E-state index in [0.717, 1.165) is 6.42 Å². The number of esters is 1. The molecule has 1 atom stereocenters. The van der Waals surface area contributed by atoms with Gasteiger partial charge in [-0.05, 0) is 19.4 Å². The van der Waals surface area contributed by atoms with E-state index in [9.17, 15) is 14.9 Å². The molecule has 0 aliphatic carbocycles. The summed E-state index contributed by atoms with van der Waals surface area (Å²) in [6.45, 7) is 4.80.